The number of carbonyl (C=O) groups is 3. The zero-order chi connectivity index (χ0) is 23.3. The topological polar surface area (TPSA) is 99.3 Å². The Balaban J connectivity index is 1.24. The van der Waals surface area contributed by atoms with Gasteiger partial charge in [0.15, 0.2) is 0 Å². The van der Waals surface area contributed by atoms with Crippen LogP contribution in [0.4, 0.5) is 0 Å². The summed E-state index contributed by atoms with van der Waals surface area (Å²) < 4.78 is 0. The van der Waals surface area contributed by atoms with E-state index in [4.69, 9.17) is 0 Å². The monoisotopic (exact) mass is 471 g/mol. The quantitative estimate of drug-likeness (QED) is 0.363. The zero-order valence-corrected chi connectivity index (χ0v) is 19.0. The molecule has 1 saturated carbocycles. The minimum Gasteiger partial charge on any atom is -0.359 e. The molecule has 3 aromatic heterocycles. The molecule has 1 spiro atoms. The van der Waals surface area contributed by atoms with Gasteiger partial charge in [-0.15, -0.1) is 11.3 Å². The lowest BCUT2D eigenvalue weighted by Crippen LogP contribution is -2.59. The van der Waals surface area contributed by atoms with Crippen molar-refractivity contribution in [1.82, 2.24) is 24.8 Å². The predicted molar refractivity (Wildman–Crippen MR) is 128 cm³/mol. The van der Waals surface area contributed by atoms with Crippen molar-refractivity contribution in [3.63, 3.8) is 0 Å². The number of nitrogens with one attached hydrogen (secondary N) is 1. The molecule has 1 N–H and O–H groups in total. The normalized spacial score (nSPS) is 16.7. The first kappa shape index (κ1) is 20.7. The molecule has 2 fully saturated rings. The van der Waals surface area contributed by atoms with Crippen molar-refractivity contribution < 1.29 is 14.4 Å². The number of nitrogens with zero attached hydrogens (tertiary/aromatic N) is 4. The fourth-order valence-corrected chi connectivity index (χ4v) is 5.44. The van der Waals surface area contributed by atoms with E-state index in [1.807, 2.05) is 29.6 Å². The van der Waals surface area contributed by atoms with Crippen LogP contribution in [0.25, 0.3) is 21.6 Å². The van der Waals surface area contributed by atoms with Crippen LogP contribution in [0.2, 0.25) is 0 Å². The van der Waals surface area contributed by atoms with Gasteiger partial charge in [0.05, 0.1) is 22.1 Å². The molecule has 1 saturated heterocycles. The van der Waals surface area contributed by atoms with Crippen molar-refractivity contribution in [2.45, 2.75) is 18.4 Å². The van der Waals surface area contributed by atoms with Crippen LogP contribution in [-0.2, 0) is 4.79 Å². The number of thiazole rings is 1. The molecule has 0 atom stereocenters. The number of carbonyl (C=O) groups excluding carboxylic acids is 3. The van der Waals surface area contributed by atoms with Crippen molar-refractivity contribution in [1.29, 1.82) is 0 Å². The van der Waals surface area contributed by atoms with Crippen LogP contribution in [0.5, 0.6) is 0 Å². The highest BCUT2D eigenvalue weighted by molar-refractivity contribution is 7.13. The van der Waals surface area contributed by atoms with Crippen LogP contribution in [0, 0.1) is 0 Å². The number of rotatable bonds is 4. The van der Waals surface area contributed by atoms with E-state index in [0.717, 1.165) is 23.4 Å². The molecule has 34 heavy (non-hydrogen) atoms. The average Bonchev–Trinajstić information content (AvgIpc) is 3.28. The Hall–Kier alpha value is -3.85. The number of benzene rings is 1. The molecular weight excluding hydrogens is 450 g/mol. The van der Waals surface area contributed by atoms with Crippen LogP contribution in [0.15, 0.2) is 60.4 Å². The molecule has 8 nitrogen and oxygen atoms in total. The van der Waals surface area contributed by atoms with E-state index in [-0.39, 0.29) is 11.5 Å². The Labute approximate surface area is 199 Å². The fourth-order valence-electron chi connectivity index (χ4n) is 4.77. The molecule has 2 aliphatic rings. The van der Waals surface area contributed by atoms with E-state index in [2.05, 4.69) is 15.0 Å². The van der Waals surface area contributed by atoms with Gasteiger partial charge < -0.3 is 14.8 Å². The summed E-state index contributed by atoms with van der Waals surface area (Å²) in [6, 6.07) is 11.0. The maximum Gasteiger partial charge on any atom is 0.295 e. The highest BCUT2D eigenvalue weighted by Crippen LogP contribution is 2.45. The van der Waals surface area contributed by atoms with Crippen molar-refractivity contribution in [3.8, 4) is 10.6 Å². The third kappa shape index (κ3) is 3.31. The lowest BCUT2D eigenvalue weighted by atomic mass is 10.1. The molecule has 0 radical (unpaired) electrons. The fraction of sp³-hybridized carbons (Fsp3) is 0.240. The highest BCUT2D eigenvalue weighted by atomic mass is 32.1. The molecule has 0 bridgehead atoms. The van der Waals surface area contributed by atoms with Crippen LogP contribution in [0.3, 0.4) is 0 Å². The number of hydrogen-bond donors (Lipinski definition) is 1. The van der Waals surface area contributed by atoms with Gasteiger partial charge in [-0.3, -0.25) is 19.4 Å². The number of fused-ring (bicyclic) bond motifs is 1. The predicted octanol–water partition coefficient (Wildman–Crippen LogP) is 3.39. The second kappa shape index (κ2) is 7.88. The van der Waals surface area contributed by atoms with Crippen molar-refractivity contribution in [2.24, 2.45) is 0 Å². The summed E-state index contributed by atoms with van der Waals surface area (Å²) in [7, 11) is 0. The van der Waals surface area contributed by atoms with Crippen molar-refractivity contribution in [2.75, 3.05) is 19.6 Å². The molecule has 1 aliphatic heterocycles. The third-order valence-corrected chi connectivity index (χ3v) is 7.51. The standard InChI is InChI=1S/C25H21N5O3S/c31-21(18-14-28-19-17(6-9-26-20(18)19)22-27-10-13-34-22)24(33)30-12-11-29(15-25(30)7-8-25)23(32)16-4-2-1-3-5-16/h1-6,9-10,13-14,28H,7-8,11-12,15H2. The first-order valence-electron chi connectivity index (χ1n) is 11.1. The summed E-state index contributed by atoms with van der Waals surface area (Å²) in [5.41, 5.74) is 2.44. The SMILES string of the molecule is O=C(C(=O)N1CCN(C(=O)c2ccccc2)CC12CC2)c1c[nH]c2c(-c3nccs3)ccnc12. The van der Waals surface area contributed by atoms with Gasteiger partial charge in [-0.25, -0.2) is 4.98 Å². The molecule has 6 rings (SSSR count). The van der Waals surface area contributed by atoms with Gasteiger partial charge in [-0.1, -0.05) is 18.2 Å². The highest BCUT2D eigenvalue weighted by Gasteiger charge is 2.55. The number of Topliss-reactive ketones (excluding diaryl/α,β-unsaturated/α-hetero) is 1. The first-order valence-corrected chi connectivity index (χ1v) is 12.0. The van der Waals surface area contributed by atoms with Crippen LogP contribution in [-0.4, -0.2) is 67.5 Å². The summed E-state index contributed by atoms with van der Waals surface area (Å²) in [6.45, 7) is 1.18. The van der Waals surface area contributed by atoms with Crippen molar-refractivity contribution in [3.05, 3.63) is 71.5 Å². The number of aromatic nitrogens is 3. The molecule has 2 amide bonds. The summed E-state index contributed by atoms with van der Waals surface area (Å²) in [5.74, 6) is -1.16. The molecule has 1 aliphatic carbocycles. The molecule has 4 aromatic rings. The number of aromatic amines is 1. The summed E-state index contributed by atoms with van der Waals surface area (Å²) in [4.78, 5) is 54.9. The Morgan fingerprint density at radius 1 is 1.00 bits per heavy atom. The van der Waals surface area contributed by atoms with E-state index < -0.39 is 17.2 Å². The molecule has 9 heteroatoms. The smallest absolute Gasteiger partial charge is 0.295 e. The average molecular weight is 472 g/mol. The van der Waals surface area contributed by atoms with E-state index in [1.54, 1.807) is 40.5 Å². The summed E-state index contributed by atoms with van der Waals surface area (Å²) in [5, 5.41) is 2.70. The zero-order valence-electron chi connectivity index (χ0n) is 18.2. The minimum atomic E-state index is -0.579. The maximum absolute atomic E-state index is 13.4. The van der Waals surface area contributed by atoms with E-state index >= 15 is 0 Å². The van der Waals surface area contributed by atoms with Gasteiger partial charge in [0.1, 0.15) is 5.01 Å². The second-order valence-electron chi connectivity index (χ2n) is 8.72. The maximum atomic E-state index is 13.4. The second-order valence-corrected chi connectivity index (χ2v) is 9.62. The number of piperazine rings is 1. The van der Waals surface area contributed by atoms with Gasteiger partial charge in [-0.2, -0.15) is 0 Å². The number of ketones is 1. The van der Waals surface area contributed by atoms with Gasteiger partial charge >= 0.3 is 0 Å². The lowest BCUT2D eigenvalue weighted by Gasteiger charge is -2.41. The Morgan fingerprint density at radius 2 is 1.82 bits per heavy atom. The molecule has 4 heterocycles. The Kier molecular flexibility index (Phi) is 4.80. The van der Waals surface area contributed by atoms with Gasteiger partial charge in [-0.05, 0) is 31.0 Å². The Bertz CT molecular complexity index is 1410. The van der Waals surface area contributed by atoms with E-state index in [9.17, 15) is 14.4 Å². The minimum absolute atomic E-state index is 0.0409. The number of amides is 2. The van der Waals surface area contributed by atoms with E-state index in [1.165, 1.54) is 11.3 Å². The van der Waals surface area contributed by atoms with E-state index in [0.29, 0.717) is 36.2 Å². The Morgan fingerprint density at radius 3 is 2.56 bits per heavy atom. The largest absolute Gasteiger partial charge is 0.359 e. The number of H-pyrrole nitrogens is 1. The van der Waals surface area contributed by atoms with Gasteiger partial charge in [0.2, 0.25) is 0 Å². The van der Waals surface area contributed by atoms with Gasteiger partial charge in [0.25, 0.3) is 17.6 Å². The summed E-state index contributed by atoms with van der Waals surface area (Å²) >= 11 is 1.50. The van der Waals surface area contributed by atoms with Crippen molar-refractivity contribution >= 4 is 40.0 Å². The third-order valence-electron chi connectivity index (χ3n) is 6.70. The number of hydrogen-bond acceptors (Lipinski definition) is 6. The van der Waals surface area contributed by atoms with Gasteiger partial charge in [0, 0.05) is 54.7 Å². The molecule has 1 aromatic carbocycles. The summed E-state index contributed by atoms with van der Waals surface area (Å²) in [6.07, 6.45) is 6.48. The van der Waals surface area contributed by atoms with Crippen LogP contribution in [0.1, 0.15) is 33.6 Å². The van der Waals surface area contributed by atoms with Crippen LogP contribution >= 0.6 is 11.3 Å². The lowest BCUT2D eigenvalue weighted by molar-refractivity contribution is -0.131. The molecule has 0 unspecified atom stereocenters. The molecule has 170 valence electrons. The van der Waals surface area contributed by atoms with Crippen LogP contribution < -0.4 is 0 Å². The first-order chi connectivity index (χ1) is 16.6. The molecular formula is C25H21N5O3S. The number of pyridine rings is 1.